The maximum absolute atomic E-state index is 13.0. The Morgan fingerprint density at radius 3 is 2.29 bits per heavy atom. The lowest BCUT2D eigenvalue weighted by atomic mass is 9.86. The van der Waals surface area contributed by atoms with Crippen LogP contribution in [-0.2, 0) is 9.59 Å². The van der Waals surface area contributed by atoms with Gasteiger partial charge >= 0.3 is 18.2 Å². The lowest BCUT2D eigenvalue weighted by molar-refractivity contribution is -0.227. The Balaban J connectivity index is 2.92. The zero-order valence-corrected chi connectivity index (χ0v) is 11.3. The number of nitrogens with two attached hydrogens (primary N) is 1. The van der Waals surface area contributed by atoms with Crippen molar-refractivity contribution in [2.75, 3.05) is 26.2 Å². The van der Waals surface area contributed by atoms with E-state index in [0.717, 1.165) is 9.80 Å². The molecule has 1 saturated heterocycles. The Morgan fingerprint density at radius 2 is 1.95 bits per heavy atom. The van der Waals surface area contributed by atoms with Crippen molar-refractivity contribution in [3.8, 4) is 0 Å². The molecule has 0 aromatic carbocycles. The molecule has 3 amide bonds. The Morgan fingerprint density at radius 1 is 1.38 bits per heavy atom. The standard InChI is InChI=1S/C11H16F3N3O4/c1-2-16(5-7(15)18)9(21)17-4-3-10(6-17,8(19)20)11(12,13)14/h2-6H2,1H3,(H2,15,18)(H,19,20). The van der Waals surface area contributed by atoms with Crippen LogP contribution in [0.5, 0.6) is 0 Å². The molecule has 1 fully saturated rings. The largest absolute Gasteiger partial charge is 0.481 e. The highest BCUT2D eigenvalue weighted by atomic mass is 19.4. The van der Waals surface area contributed by atoms with E-state index in [1.807, 2.05) is 0 Å². The third-order valence-corrected chi connectivity index (χ3v) is 3.49. The summed E-state index contributed by atoms with van der Waals surface area (Å²) in [4.78, 5) is 35.6. The molecule has 0 aromatic heterocycles. The van der Waals surface area contributed by atoms with E-state index in [4.69, 9.17) is 10.8 Å². The molecule has 0 aromatic rings. The Hall–Kier alpha value is -2.00. The number of carbonyl (C=O) groups excluding carboxylic acids is 2. The maximum Gasteiger partial charge on any atom is 0.406 e. The molecule has 1 rings (SSSR count). The van der Waals surface area contributed by atoms with Crippen LogP contribution >= 0.6 is 0 Å². The molecule has 10 heteroatoms. The van der Waals surface area contributed by atoms with Gasteiger partial charge in [-0.15, -0.1) is 0 Å². The quantitative estimate of drug-likeness (QED) is 0.776. The van der Waals surface area contributed by atoms with Crippen LogP contribution in [0.3, 0.4) is 0 Å². The molecule has 0 spiro atoms. The van der Waals surface area contributed by atoms with Gasteiger partial charge in [-0.25, -0.2) is 4.79 Å². The van der Waals surface area contributed by atoms with Crippen LogP contribution in [0.25, 0.3) is 0 Å². The van der Waals surface area contributed by atoms with Crippen LogP contribution in [0.2, 0.25) is 0 Å². The van der Waals surface area contributed by atoms with E-state index in [1.165, 1.54) is 6.92 Å². The molecule has 21 heavy (non-hydrogen) atoms. The summed E-state index contributed by atoms with van der Waals surface area (Å²) in [7, 11) is 0. The second kappa shape index (κ2) is 5.78. The van der Waals surface area contributed by atoms with Crippen molar-refractivity contribution < 1.29 is 32.7 Å². The minimum Gasteiger partial charge on any atom is -0.481 e. The van der Waals surface area contributed by atoms with Crippen LogP contribution in [0.1, 0.15) is 13.3 Å². The van der Waals surface area contributed by atoms with Gasteiger partial charge in [-0.1, -0.05) is 0 Å². The highest BCUT2D eigenvalue weighted by Crippen LogP contribution is 2.45. The van der Waals surface area contributed by atoms with E-state index in [-0.39, 0.29) is 13.1 Å². The van der Waals surface area contributed by atoms with Gasteiger partial charge in [0, 0.05) is 19.6 Å². The van der Waals surface area contributed by atoms with Crippen molar-refractivity contribution >= 4 is 17.9 Å². The molecule has 1 aliphatic rings. The number of aliphatic carboxylic acids is 1. The van der Waals surface area contributed by atoms with Crippen molar-refractivity contribution in [1.29, 1.82) is 0 Å². The molecule has 7 nitrogen and oxygen atoms in total. The fourth-order valence-corrected chi connectivity index (χ4v) is 2.20. The number of amides is 3. The van der Waals surface area contributed by atoms with E-state index in [2.05, 4.69) is 0 Å². The van der Waals surface area contributed by atoms with Gasteiger partial charge in [0.25, 0.3) is 0 Å². The van der Waals surface area contributed by atoms with E-state index in [0.29, 0.717) is 0 Å². The summed E-state index contributed by atoms with van der Waals surface area (Å²) in [6.07, 6.45) is -5.68. The van der Waals surface area contributed by atoms with Gasteiger partial charge in [0.15, 0.2) is 5.41 Å². The summed E-state index contributed by atoms with van der Waals surface area (Å²) >= 11 is 0. The van der Waals surface area contributed by atoms with E-state index >= 15 is 0 Å². The van der Waals surface area contributed by atoms with Gasteiger partial charge in [-0.2, -0.15) is 13.2 Å². The molecule has 120 valence electrons. The average molecular weight is 311 g/mol. The number of carboxylic acids is 1. The smallest absolute Gasteiger partial charge is 0.406 e. The molecule has 1 unspecified atom stereocenters. The predicted molar refractivity (Wildman–Crippen MR) is 64.2 cm³/mol. The Kier molecular flexibility index (Phi) is 4.69. The molecule has 0 radical (unpaired) electrons. The number of alkyl halides is 3. The number of urea groups is 1. The Labute approximate surface area is 118 Å². The number of carbonyl (C=O) groups is 3. The number of nitrogens with zero attached hydrogens (tertiary/aromatic N) is 2. The maximum atomic E-state index is 13.0. The minimum atomic E-state index is -4.96. The minimum absolute atomic E-state index is 0.0738. The van der Waals surface area contributed by atoms with Crippen molar-refractivity contribution in [3.05, 3.63) is 0 Å². The lowest BCUT2D eigenvalue weighted by Gasteiger charge is -2.29. The van der Waals surface area contributed by atoms with Gasteiger partial charge in [0.05, 0.1) is 0 Å². The number of hydrogen-bond acceptors (Lipinski definition) is 3. The molecule has 3 N–H and O–H groups in total. The second-order valence-electron chi connectivity index (χ2n) is 4.82. The molecular weight excluding hydrogens is 295 g/mol. The summed E-state index contributed by atoms with van der Waals surface area (Å²) in [5.74, 6) is -2.81. The first-order chi connectivity index (χ1) is 9.55. The van der Waals surface area contributed by atoms with Crippen molar-refractivity contribution in [2.45, 2.75) is 19.5 Å². The fourth-order valence-electron chi connectivity index (χ4n) is 2.20. The monoisotopic (exact) mass is 311 g/mol. The number of likely N-dealkylation sites (N-methyl/N-ethyl adjacent to an activating group) is 1. The highest BCUT2D eigenvalue weighted by molar-refractivity contribution is 5.84. The molecular formula is C11H16F3N3O4. The van der Waals surface area contributed by atoms with E-state index in [9.17, 15) is 27.6 Å². The molecule has 0 saturated carbocycles. The first-order valence-corrected chi connectivity index (χ1v) is 6.17. The van der Waals surface area contributed by atoms with Crippen LogP contribution < -0.4 is 5.73 Å². The summed E-state index contributed by atoms with van der Waals surface area (Å²) < 4.78 is 39.0. The number of halogens is 3. The number of carboxylic acid groups (broad SMARTS) is 1. The number of hydrogen-bond donors (Lipinski definition) is 2. The SMILES string of the molecule is CCN(CC(N)=O)C(=O)N1CCC(C(=O)O)(C(F)(F)F)C1. The van der Waals surface area contributed by atoms with Crippen molar-refractivity contribution in [1.82, 2.24) is 9.80 Å². The molecule has 0 bridgehead atoms. The average Bonchev–Trinajstić information content (AvgIpc) is 2.80. The van der Waals surface area contributed by atoms with Crippen LogP contribution in [0.4, 0.5) is 18.0 Å². The molecule has 1 atom stereocenters. The lowest BCUT2D eigenvalue weighted by Crippen LogP contribution is -2.50. The fraction of sp³-hybridized carbons (Fsp3) is 0.727. The van der Waals surface area contributed by atoms with Gasteiger partial charge in [0.1, 0.15) is 6.54 Å². The summed E-state index contributed by atoms with van der Waals surface area (Å²) in [5.41, 5.74) is 1.99. The summed E-state index contributed by atoms with van der Waals surface area (Å²) in [6.45, 7) is -0.146. The Bertz CT molecular complexity index is 454. The predicted octanol–water partition coefficient (Wildman–Crippen LogP) is 0.253. The van der Waals surface area contributed by atoms with Crippen LogP contribution in [-0.4, -0.2) is 65.2 Å². The van der Waals surface area contributed by atoms with Gasteiger partial charge in [-0.3, -0.25) is 9.59 Å². The summed E-state index contributed by atoms with van der Waals surface area (Å²) in [5, 5.41) is 8.89. The third kappa shape index (κ3) is 3.19. The second-order valence-corrected chi connectivity index (χ2v) is 4.82. The van der Waals surface area contributed by atoms with Crippen LogP contribution in [0, 0.1) is 5.41 Å². The topological polar surface area (TPSA) is 104 Å². The zero-order valence-electron chi connectivity index (χ0n) is 11.3. The third-order valence-electron chi connectivity index (χ3n) is 3.49. The van der Waals surface area contributed by atoms with Crippen molar-refractivity contribution in [2.24, 2.45) is 11.1 Å². The normalized spacial score (nSPS) is 22.2. The molecule has 0 aliphatic carbocycles. The van der Waals surface area contributed by atoms with Gasteiger partial charge in [0.2, 0.25) is 5.91 Å². The van der Waals surface area contributed by atoms with Gasteiger partial charge in [-0.05, 0) is 13.3 Å². The number of primary amides is 1. The van der Waals surface area contributed by atoms with E-state index < -0.39 is 49.0 Å². The zero-order chi connectivity index (χ0) is 16.4. The van der Waals surface area contributed by atoms with E-state index in [1.54, 1.807) is 0 Å². The van der Waals surface area contributed by atoms with Crippen molar-refractivity contribution in [3.63, 3.8) is 0 Å². The van der Waals surface area contributed by atoms with Crippen LogP contribution in [0.15, 0.2) is 0 Å². The van der Waals surface area contributed by atoms with Gasteiger partial charge < -0.3 is 20.6 Å². The first kappa shape index (κ1) is 17.1. The number of likely N-dealkylation sites (tertiary alicyclic amines) is 1. The summed E-state index contributed by atoms with van der Waals surface area (Å²) in [6, 6.07) is -0.830. The number of rotatable bonds is 4. The molecule has 1 aliphatic heterocycles. The molecule has 1 heterocycles. The highest BCUT2D eigenvalue weighted by Gasteiger charge is 2.64. The first-order valence-electron chi connectivity index (χ1n) is 6.17.